The number of nitrogens with one attached hydrogen (secondary N) is 1. The molecular formula is C19H23ClF2N2O3S. The molecule has 0 aliphatic carbocycles. The van der Waals surface area contributed by atoms with Gasteiger partial charge in [0.05, 0.1) is 24.2 Å². The lowest BCUT2D eigenvalue weighted by Gasteiger charge is -2.31. The standard InChI is InChI=1S/C19H22F2N2O3S.ClH/c1-14-2-4-15(5-3-14)19(13-23-6-8-26-9-7-23)22-27(24,25)18-11-16(20)10-17(21)12-18;/h2-5,10-12,19,22H,6-9,13H2,1H3;1H. The number of hydrogen-bond donors (Lipinski definition) is 1. The van der Waals surface area contributed by atoms with Crippen LogP contribution in [0.4, 0.5) is 8.78 Å². The molecule has 0 aromatic heterocycles. The quantitative estimate of drug-likeness (QED) is 0.762. The van der Waals surface area contributed by atoms with Crippen molar-refractivity contribution in [1.29, 1.82) is 0 Å². The van der Waals surface area contributed by atoms with E-state index in [9.17, 15) is 17.2 Å². The van der Waals surface area contributed by atoms with E-state index < -0.39 is 32.6 Å². The predicted molar refractivity (Wildman–Crippen MR) is 105 cm³/mol. The summed E-state index contributed by atoms with van der Waals surface area (Å²) in [5.74, 6) is -1.87. The van der Waals surface area contributed by atoms with Crippen molar-refractivity contribution in [2.24, 2.45) is 0 Å². The Balaban J connectivity index is 0.00000280. The average molecular weight is 433 g/mol. The molecule has 5 nitrogen and oxygen atoms in total. The highest BCUT2D eigenvalue weighted by Crippen LogP contribution is 2.21. The van der Waals surface area contributed by atoms with Gasteiger partial charge in [0.15, 0.2) is 0 Å². The van der Waals surface area contributed by atoms with E-state index in [1.165, 1.54) is 0 Å². The highest BCUT2D eigenvalue weighted by Gasteiger charge is 2.25. The number of nitrogens with zero attached hydrogens (tertiary/aromatic N) is 1. The number of hydrogen-bond acceptors (Lipinski definition) is 4. The van der Waals surface area contributed by atoms with E-state index in [2.05, 4.69) is 9.62 Å². The minimum absolute atomic E-state index is 0. The van der Waals surface area contributed by atoms with Crippen LogP contribution in [0.2, 0.25) is 0 Å². The summed E-state index contributed by atoms with van der Waals surface area (Å²) in [6.45, 7) is 4.94. The molecule has 2 aromatic rings. The van der Waals surface area contributed by atoms with Crippen LogP contribution >= 0.6 is 12.4 Å². The van der Waals surface area contributed by atoms with Crippen LogP contribution in [0.1, 0.15) is 17.2 Å². The van der Waals surface area contributed by atoms with E-state index in [-0.39, 0.29) is 12.4 Å². The van der Waals surface area contributed by atoms with Crippen LogP contribution in [-0.4, -0.2) is 46.2 Å². The van der Waals surface area contributed by atoms with Gasteiger partial charge in [-0.1, -0.05) is 29.8 Å². The first kappa shape index (κ1) is 22.7. The van der Waals surface area contributed by atoms with Crippen LogP contribution in [0.3, 0.4) is 0 Å². The molecule has 1 unspecified atom stereocenters. The summed E-state index contributed by atoms with van der Waals surface area (Å²) in [7, 11) is -4.10. The van der Waals surface area contributed by atoms with Crippen LogP contribution in [-0.2, 0) is 14.8 Å². The minimum Gasteiger partial charge on any atom is -0.379 e. The number of halogens is 3. The smallest absolute Gasteiger partial charge is 0.241 e. The first-order valence-corrected chi connectivity index (χ1v) is 10.2. The van der Waals surface area contributed by atoms with Gasteiger partial charge in [-0.3, -0.25) is 4.90 Å². The Labute approximate surface area is 170 Å². The van der Waals surface area contributed by atoms with Gasteiger partial charge in [0.1, 0.15) is 11.6 Å². The molecule has 9 heteroatoms. The van der Waals surface area contributed by atoms with Crippen LogP contribution in [0.25, 0.3) is 0 Å². The second-order valence-corrected chi connectivity index (χ2v) is 8.32. The number of benzene rings is 2. The van der Waals surface area contributed by atoms with E-state index in [4.69, 9.17) is 4.74 Å². The summed E-state index contributed by atoms with van der Waals surface area (Å²) >= 11 is 0. The van der Waals surface area contributed by atoms with Crippen molar-refractivity contribution in [3.8, 4) is 0 Å². The largest absolute Gasteiger partial charge is 0.379 e. The third-order valence-electron chi connectivity index (χ3n) is 4.47. The van der Waals surface area contributed by atoms with Crippen molar-refractivity contribution >= 4 is 22.4 Å². The fraction of sp³-hybridized carbons (Fsp3) is 0.368. The first-order valence-electron chi connectivity index (χ1n) is 8.68. The van der Waals surface area contributed by atoms with Crippen LogP contribution in [0.15, 0.2) is 47.4 Å². The van der Waals surface area contributed by atoms with Crippen molar-refractivity contribution in [3.05, 3.63) is 65.2 Å². The van der Waals surface area contributed by atoms with Gasteiger partial charge in [0, 0.05) is 25.7 Å². The van der Waals surface area contributed by atoms with Crippen molar-refractivity contribution in [3.63, 3.8) is 0 Å². The number of morpholine rings is 1. The molecule has 0 amide bonds. The molecule has 1 atom stereocenters. The summed E-state index contributed by atoms with van der Waals surface area (Å²) in [5.41, 5.74) is 1.84. The Morgan fingerprint density at radius 2 is 1.64 bits per heavy atom. The molecule has 1 aliphatic heterocycles. The fourth-order valence-electron chi connectivity index (χ4n) is 2.99. The highest BCUT2D eigenvalue weighted by molar-refractivity contribution is 7.89. The summed E-state index contributed by atoms with van der Waals surface area (Å²) in [4.78, 5) is 1.67. The van der Waals surface area contributed by atoms with E-state index in [1.807, 2.05) is 31.2 Å². The highest BCUT2D eigenvalue weighted by atomic mass is 35.5. The summed E-state index contributed by atoms with van der Waals surface area (Å²) < 4.78 is 60.4. The molecule has 154 valence electrons. The zero-order chi connectivity index (χ0) is 19.4. The van der Waals surface area contributed by atoms with Gasteiger partial charge < -0.3 is 4.74 Å². The van der Waals surface area contributed by atoms with Gasteiger partial charge >= 0.3 is 0 Å². The number of rotatable bonds is 6. The zero-order valence-corrected chi connectivity index (χ0v) is 17.0. The Morgan fingerprint density at radius 1 is 1.07 bits per heavy atom. The monoisotopic (exact) mass is 432 g/mol. The van der Waals surface area contributed by atoms with Gasteiger partial charge in [-0.25, -0.2) is 21.9 Å². The number of aryl methyl sites for hydroxylation is 1. The molecule has 0 radical (unpaired) electrons. The second kappa shape index (κ2) is 9.76. The van der Waals surface area contributed by atoms with Gasteiger partial charge in [0.25, 0.3) is 0 Å². The van der Waals surface area contributed by atoms with Crippen molar-refractivity contribution in [2.75, 3.05) is 32.8 Å². The topological polar surface area (TPSA) is 58.6 Å². The molecule has 1 fully saturated rings. The number of sulfonamides is 1. The van der Waals surface area contributed by atoms with Crippen molar-refractivity contribution in [1.82, 2.24) is 9.62 Å². The molecule has 1 saturated heterocycles. The Bertz CT molecular complexity index is 868. The molecule has 28 heavy (non-hydrogen) atoms. The molecule has 1 heterocycles. The second-order valence-electron chi connectivity index (χ2n) is 6.60. The SMILES string of the molecule is Cc1ccc(C(CN2CCOCC2)NS(=O)(=O)c2cc(F)cc(F)c2)cc1.Cl. The van der Waals surface area contributed by atoms with Crippen LogP contribution < -0.4 is 4.72 Å². The third-order valence-corrected chi connectivity index (χ3v) is 5.92. The molecule has 3 rings (SSSR count). The first-order chi connectivity index (χ1) is 12.8. The summed E-state index contributed by atoms with van der Waals surface area (Å²) in [6, 6.07) is 9.22. The van der Waals surface area contributed by atoms with Crippen LogP contribution in [0, 0.1) is 18.6 Å². The lowest BCUT2D eigenvalue weighted by Crippen LogP contribution is -2.43. The Morgan fingerprint density at radius 3 is 2.21 bits per heavy atom. The van der Waals surface area contributed by atoms with Gasteiger partial charge in [0.2, 0.25) is 10.0 Å². The minimum atomic E-state index is -4.10. The van der Waals surface area contributed by atoms with E-state index in [1.54, 1.807) is 0 Å². The molecule has 0 bridgehead atoms. The number of ether oxygens (including phenoxy) is 1. The lowest BCUT2D eigenvalue weighted by molar-refractivity contribution is 0.0345. The lowest BCUT2D eigenvalue weighted by atomic mass is 10.1. The fourth-order valence-corrected chi connectivity index (χ4v) is 4.25. The molecular weight excluding hydrogens is 410 g/mol. The molecule has 2 aromatic carbocycles. The zero-order valence-electron chi connectivity index (χ0n) is 15.4. The summed E-state index contributed by atoms with van der Waals surface area (Å²) in [6.07, 6.45) is 0. The Kier molecular flexibility index (Phi) is 7.91. The molecule has 1 N–H and O–H groups in total. The van der Waals surface area contributed by atoms with Gasteiger partial charge in [-0.05, 0) is 24.6 Å². The maximum Gasteiger partial charge on any atom is 0.241 e. The maximum atomic E-state index is 13.5. The maximum absolute atomic E-state index is 13.5. The van der Waals surface area contributed by atoms with E-state index in [0.717, 1.165) is 23.3 Å². The van der Waals surface area contributed by atoms with Crippen molar-refractivity contribution in [2.45, 2.75) is 17.9 Å². The Hall–Kier alpha value is -1.58. The average Bonchev–Trinajstić information content (AvgIpc) is 2.62. The molecule has 1 aliphatic rings. The normalized spacial score (nSPS) is 16.4. The van der Waals surface area contributed by atoms with E-state index in [0.29, 0.717) is 38.9 Å². The van der Waals surface area contributed by atoms with Gasteiger partial charge in [-0.2, -0.15) is 0 Å². The third kappa shape index (κ3) is 5.96. The molecule has 0 saturated carbocycles. The van der Waals surface area contributed by atoms with Crippen molar-refractivity contribution < 1.29 is 21.9 Å². The predicted octanol–water partition coefficient (Wildman–Crippen LogP) is 3.05. The van der Waals surface area contributed by atoms with Gasteiger partial charge in [-0.15, -0.1) is 12.4 Å². The van der Waals surface area contributed by atoms with Crippen LogP contribution in [0.5, 0.6) is 0 Å². The van der Waals surface area contributed by atoms with E-state index >= 15 is 0 Å². The molecule has 0 spiro atoms. The summed E-state index contributed by atoms with van der Waals surface area (Å²) in [5, 5.41) is 0.